The number of aromatic nitrogens is 2. The second-order valence-corrected chi connectivity index (χ2v) is 8.69. The summed E-state index contributed by atoms with van der Waals surface area (Å²) < 4.78 is 10.8. The molecule has 1 atom stereocenters. The van der Waals surface area contributed by atoms with Gasteiger partial charge < -0.3 is 24.7 Å². The summed E-state index contributed by atoms with van der Waals surface area (Å²) in [6.07, 6.45) is 1.80. The lowest BCUT2D eigenvalue weighted by Gasteiger charge is -2.33. The molecule has 2 aromatic carbocycles. The van der Waals surface area contributed by atoms with Crippen LogP contribution in [0.15, 0.2) is 42.5 Å². The Hall–Kier alpha value is -3.22. The van der Waals surface area contributed by atoms with Gasteiger partial charge in [0, 0.05) is 19.0 Å². The maximum Gasteiger partial charge on any atom is 0.317 e. The van der Waals surface area contributed by atoms with Crippen molar-refractivity contribution >= 4 is 17.1 Å². The van der Waals surface area contributed by atoms with E-state index in [0.717, 1.165) is 35.3 Å². The number of likely N-dealkylation sites (tertiary alicyclic amines) is 1. The molecule has 0 aliphatic carbocycles. The van der Waals surface area contributed by atoms with Gasteiger partial charge in [0.15, 0.2) is 11.5 Å². The number of hydrogen-bond acceptors (Lipinski definition) is 4. The third kappa shape index (κ3) is 4.52. The first-order valence-corrected chi connectivity index (χ1v) is 11.2. The Bertz CT molecular complexity index is 1040. The lowest BCUT2D eigenvalue weighted by Crippen LogP contribution is -2.46. The van der Waals surface area contributed by atoms with Crippen LogP contribution in [0.4, 0.5) is 4.79 Å². The maximum absolute atomic E-state index is 13.1. The second kappa shape index (κ2) is 9.51. The van der Waals surface area contributed by atoms with Gasteiger partial charge in [0.1, 0.15) is 5.82 Å². The number of imidazole rings is 1. The zero-order valence-electron chi connectivity index (χ0n) is 19.2. The average Bonchev–Trinajstić information content (AvgIpc) is 3.26. The largest absolute Gasteiger partial charge is 0.493 e. The number of amides is 2. The number of hydrogen-bond donors (Lipinski definition) is 2. The highest BCUT2D eigenvalue weighted by atomic mass is 16.5. The van der Waals surface area contributed by atoms with Gasteiger partial charge in [-0.2, -0.15) is 0 Å². The van der Waals surface area contributed by atoms with Crippen molar-refractivity contribution in [2.24, 2.45) is 5.92 Å². The molecule has 1 aliphatic rings. The summed E-state index contributed by atoms with van der Waals surface area (Å²) in [5, 5.41) is 3.23. The van der Waals surface area contributed by atoms with E-state index in [0.29, 0.717) is 30.5 Å². The van der Waals surface area contributed by atoms with Gasteiger partial charge in [-0.15, -0.1) is 0 Å². The fraction of sp³-hybridized carbons (Fsp3) is 0.440. The molecular weight excluding hydrogens is 404 g/mol. The molecule has 0 spiro atoms. The van der Waals surface area contributed by atoms with Crippen molar-refractivity contribution in [1.82, 2.24) is 20.2 Å². The van der Waals surface area contributed by atoms with Crippen molar-refractivity contribution in [1.29, 1.82) is 0 Å². The zero-order valence-corrected chi connectivity index (χ0v) is 19.2. The molecule has 0 saturated carbocycles. The highest BCUT2D eigenvalue weighted by Gasteiger charge is 2.28. The second-order valence-electron chi connectivity index (χ2n) is 8.69. The molecule has 4 rings (SSSR count). The Balaban J connectivity index is 1.40. The average molecular weight is 437 g/mol. The van der Waals surface area contributed by atoms with Crippen LogP contribution in [0.5, 0.6) is 11.5 Å². The van der Waals surface area contributed by atoms with Gasteiger partial charge >= 0.3 is 6.03 Å². The fourth-order valence-electron chi connectivity index (χ4n) is 4.43. The molecule has 7 nitrogen and oxygen atoms in total. The highest BCUT2D eigenvalue weighted by Crippen LogP contribution is 2.33. The van der Waals surface area contributed by atoms with E-state index >= 15 is 0 Å². The number of H-pyrrole nitrogens is 1. The van der Waals surface area contributed by atoms with Crippen LogP contribution in [0.1, 0.15) is 50.0 Å². The summed E-state index contributed by atoms with van der Waals surface area (Å²) in [7, 11) is 3.24. The van der Waals surface area contributed by atoms with E-state index in [1.165, 1.54) is 0 Å². The highest BCUT2D eigenvalue weighted by molar-refractivity contribution is 5.76. The Morgan fingerprint density at radius 3 is 2.47 bits per heavy atom. The molecule has 2 heterocycles. The van der Waals surface area contributed by atoms with Gasteiger partial charge in [-0.25, -0.2) is 9.78 Å². The lowest BCUT2D eigenvalue weighted by atomic mass is 9.95. The van der Waals surface area contributed by atoms with Gasteiger partial charge in [0.25, 0.3) is 0 Å². The first-order chi connectivity index (χ1) is 15.5. The summed E-state index contributed by atoms with van der Waals surface area (Å²) in [5.74, 6) is 2.94. The molecule has 7 heteroatoms. The molecule has 1 saturated heterocycles. The van der Waals surface area contributed by atoms with E-state index in [-0.39, 0.29) is 18.0 Å². The molecule has 1 aliphatic heterocycles. The molecule has 170 valence electrons. The normalized spacial score (nSPS) is 15.7. The van der Waals surface area contributed by atoms with E-state index in [1.807, 2.05) is 41.3 Å². The van der Waals surface area contributed by atoms with Crippen molar-refractivity contribution in [2.75, 3.05) is 27.3 Å². The Kier molecular flexibility index (Phi) is 6.53. The first-order valence-electron chi connectivity index (χ1n) is 11.2. The third-order valence-electron chi connectivity index (χ3n) is 6.29. The van der Waals surface area contributed by atoms with Crippen LogP contribution in [0.2, 0.25) is 0 Å². The number of aromatic amines is 1. The molecule has 0 radical (unpaired) electrons. The molecule has 2 N–H and O–H groups in total. The van der Waals surface area contributed by atoms with Gasteiger partial charge in [-0.1, -0.05) is 32.0 Å². The molecular formula is C25H32N4O3. The van der Waals surface area contributed by atoms with Crippen molar-refractivity contribution < 1.29 is 14.3 Å². The van der Waals surface area contributed by atoms with E-state index in [9.17, 15) is 4.79 Å². The van der Waals surface area contributed by atoms with Crippen LogP contribution in [0, 0.1) is 5.92 Å². The summed E-state index contributed by atoms with van der Waals surface area (Å²) in [5.41, 5.74) is 3.07. The molecule has 32 heavy (non-hydrogen) atoms. The topological polar surface area (TPSA) is 79.5 Å². The standard InChI is InChI=1S/C25H32N4O3/c1-16(2)23(18-9-10-21(31-3)22(15-18)32-4)28-25(30)29-13-11-17(12-14-29)24-26-19-7-5-6-8-20(19)27-24/h5-10,15-17,23H,11-14H2,1-4H3,(H,26,27)(H,28,30). The van der Waals surface area contributed by atoms with Crippen LogP contribution in [0.25, 0.3) is 11.0 Å². The zero-order chi connectivity index (χ0) is 22.7. The minimum atomic E-state index is -0.115. The van der Waals surface area contributed by atoms with Crippen molar-refractivity contribution in [3.63, 3.8) is 0 Å². The molecule has 2 amide bonds. The van der Waals surface area contributed by atoms with Crippen molar-refractivity contribution in [3.8, 4) is 11.5 Å². The number of carbonyl (C=O) groups is 1. The predicted molar refractivity (Wildman–Crippen MR) is 125 cm³/mol. The lowest BCUT2D eigenvalue weighted by molar-refractivity contribution is 0.173. The number of fused-ring (bicyclic) bond motifs is 1. The third-order valence-corrected chi connectivity index (χ3v) is 6.29. The summed E-state index contributed by atoms with van der Waals surface area (Å²) in [6.45, 7) is 5.64. The number of para-hydroxylation sites is 2. The summed E-state index contributed by atoms with van der Waals surface area (Å²) >= 11 is 0. The van der Waals surface area contributed by atoms with E-state index in [2.05, 4.69) is 30.2 Å². The fourth-order valence-corrected chi connectivity index (χ4v) is 4.43. The number of urea groups is 1. The van der Waals surface area contributed by atoms with Gasteiger partial charge in [0.2, 0.25) is 0 Å². The van der Waals surface area contributed by atoms with E-state index < -0.39 is 0 Å². The number of piperidine rings is 1. The monoisotopic (exact) mass is 436 g/mol. The van der Waals surface area contributed by atoms with Gasteiger partial charge in [0.05, 0.1) is 31.3 Å². The van der Waals surface area contributed by atoms with Gasteiger partial charge in [-0.3, -0.25) is 0 Å². The number of carbonyl (C=O) groups excluding carboxylic acids is 1. The Morgan fingerprint density at radius 1 is 1.09 bits per heavy atom. The quantitative estimate of drug-likeness (QED) is 0.578. The predicted octanol–water partition coefficient (Wildman–Crippen LogP) is 4.87. The maximum atomic E-state index is 13.1. The first kappa shape index (κ1) is 22.0. The molecule has 0 bridgehead atoms. The SMILES string of the molecule is COc1ccc(C(NC(=O)N2CCC(c3nc4ccccc4[nH]3)CC2)C(C)C)cc1OC. The minimum Gasteiger partial charge on any atom is -0.493 e. The van der Waals surface area contributed by atoms with Gasteiger partial charge in [-0.05, 0) is 48.6 Å². The number of ether oxygens (including phenoxy) is 2. The number of rotatable bonds is 6. The number of nitrogens with zero attached hydrogens (tertiary/aromatic N) is 2. The van der Waals surface area contributed by atoms with E-state index in [1.54, 1.807) is 14.2 Å². The molecule has 3 aromatic rings. The number of benzene rings is 2. The minimum absolute atomic E-state index is 0.0264. The van der Waals surface area contributed by atoms with Crippen LogP contribution in [0.3, 0.4) is 0 Å². The number of methoxy groups -OCH3 is 2. The van der Waals surface area contributed by atoms with Crippen LogP contribution in [-0.2, 0) is 0 Å². The summed E-state index contributed by atoms with van der Waals surface area (Å²) in [6, 6.07) is 13.8. The van der Waals surface area contributed by atoms with E-state index in [4.69, 9.17) is 14.5 Å². The van der Waals surface area contributed by atoms with Crippen LogP contribution >= 0.6 is 0 Å². The Labute approximate surface area is 189 Å². The Morgan fingerprint density at radius 2 is 1.81 bits per heavy atom. The number of nitrogens with one attached hydrogen (secondary N) is 2. The molecule has 1 unspecified atom stereocenters. The summed E-state index contributed by atoms with van der Waals surface area (Å²) in [4.78, 5) is 23.2. The smallest absolute Gasteiger partial charge is 0.317 e. The molecule has 1 aromatic heterocycles. The van der Waals surface area contributed by atoms with Crippen molar-refractivity contribution in [3.05, 3.63) is 53.9 Å². The van der Waals surface area contributed by atoms with Crippen molar-refractivity contribution in [2.45, 2.75) is 38.6 Å². The molecule has 1 fully saturated rings. The van der Waals surface area contributed by atoms with Crippen LogP contribution < -0.4 is 14.8 Å². The van der Waals surface area contributed by atoms with Crippen LogP contribution in [-0.4, -0.2) is 48.2 Å².